The van der Waals surface area contributed by atoms with Gasteiger partial charge in [0.15, 0.2) is 23.1 Å². The Morgan fingerprint density at radius 1 is 1.17 bits per heavy atom. The summed E-state index contributed by atoms with van der Waals surface area (Å²) in [6.45, 7) is -0.322. The summed E-state index contributed by atoms with van der Waals surface area (Å²) in [6.07, 6.45) is -6.13. The van der Waals surface area contributed by atoms with Gasteiger partial charge in [-0.25, -0.2) is 28.6 Å². The Balaban J connectivity index is 0.000000454. The van der Waals surface area contributed by atoms with Crippen LogP contribution in [0.15, 0.2) is 46.9 Å². The highest BCUT2D eigenvalue weighted by molar-refractivity contribution is 5.73. The minimum atomic E-state index is -5.08. The fraction of sp³-hybridized carbons (Fsp3) is 0.200. The maximum absolute atomic E-state index is 14.8. The molecular weight excluding hydrogens is 504 g/mol. The molecule has 0 saturated carbocycles. The smallest absolute Gasteiger partial charge is 0.475 e. The van der Waals surface area contributed by atoms with Gasteiger partial charge in [0.05, 0.1) is 0 Å². The number of pyridine rings is 1. The molecule has 3 heterocycles. The second-order valence-electron chi connectivity index (χ2n) is 6.93. The minimum Gasteiger partial charge on any atom is -0.475 e. The number of alkyl halides is 3. The number of aromatic amines is 1. The summed E-state index contributed by atoms with van der Waals surface area (Å²) in [7, 11) is 0. The number of aromatic nitrogens is 4. The van der Waals surface area contributed by atoms with Crippen LogP contribution in [0.25, 0.3) is 16.9 Å². The number of halogens is 6. The van der Waals surface area contributed by atoms with E-state index >= 15 is 0 Å². The van der Waals surface area contributed by atoms with Crippen molar-refractivity contribution in [2.24, 2.45) is 5.73 Å². The third-order valence-electron chi connectivity index (χ3n) is 4.61. The van der Waals surface area contributed by atoms with Crippen molar-refractivity contribution in [2.45, 2.75) is 12.6 Å². The van der Waals surface area contributed by atoms with Crippen LogP contribution in [0, 0.1) is 5.82 Å². The Labute approximate surface area is 196 Å². The number of carboxylic acid groups (broad SMARTS) is 1. The highest BCUT2D eigenvalue weighted by Crippen LogP contribution is 2.36. The normalized spacial score (nSPS) is 12.1. The molecular formula is C20H15F6N5O5. The van der Waals surface area contributed by atoms with Crippen molar-refractivity contribution in [1.29, 1.82) is 0 Å². The Hall–Kier alpha value is -4.34. The molecule has 0 saturated heterocycles. The summed E-state index contributed by atoms with van der Waals surface area (Å²) in [6, 6.07) is 6.25. The monoisotopic (exact) mass is 519 g/mol. The lowest BCUT2D eigenvalue weighted by molar-refractivity contribution is -0.192. The van der Waals surface area contributed by atoms with Crippen molar-refractivity contribution in [2.75, 3.05) is 13.3 Å². The highest BCUT2D eigenvalue weighted by atomic mass is 19.4. The topological polar surface area (TPSA) is 145 Å². The van der Waals surface area contributed by atoms with Gasteiger partial charge in [0, 0.05) is 30.3 Å². The van der Waals surface area contributed by atoms with Gasteiger partial charge in [0.25, 0.3) is 6.08 Å². The summed E-state index contributed by atoms with van der Waals surface area (Å²) < 4.78 is 83.7. The van der Waals surface area contributed by atoms with Crippen LogP contribution in [-0.4, -0.2) is 50.3 Å². The molecule has 1 aliphatic heterocycles. The van der Waals surface area contributed by atoms with Gasteiger partial charge in [-0.2, -0.15) is 27.1 Å². The van der Waals surface area contributed by atoms with Gasteiger partial charge < -0.3 is 20.3 Å². The summed E-state index contributed by atoms with van der Waals surface area (Å²) >= 11 is 0. The molecule has 4 N–H and O–H groups in total. The number of rotatable bonds is 5. The van der Waals surface area contributed by atoms with Gasteiger partial charge in [0.2, 0.25) is 6.79 Å². The third-order valence-corrected chi connectivity index (χ3v) is 4.61. The van der Waals surface area contributed by atoms with Crippen LogP contribution in [-0.2, 0) is 11.2 Å². The zero-order valence-electron chi connectivity index (χ0n) is 17.8. The van der Waals surface area contributed by atoms with Crippen molar-refractivity contribution >= 4 is 5.97 Å². The van der Waals surface area contributed by atoms with E-state index in [1.165, 1.54) is 12.3 Å². The Kier molecular flexibility index (Phi) is 7.67. The Bertz CT molecular complexity index is 1360. The molecule has 192 valence electrons. The molecule has 0 spiro atoms. The van der Waals surface area contributed by atoms with Gasteiger partial charge in [-0.05, 0) is 23.8 Å². The quantitative estimate of drug-likeness (QED) is 0.437. The maximum Gasteiger partial charge on any atom is 0.490 e. The summed E-state index contributed by atoms with van der Waals surface area (Å²) in [5, 5.41) is 12.9. The molecule has 0 radical (unpaired) electrons. The molecule has 36 heavy (non-hydrogen) atoms. The molecule has 4 rings (SSSR count). The number of hydrogen-bond donors (Lipinski definition) is 3. The van der Waals surface area contributed by atoms with E-state index in [9.17, 15) is 31.1 Å². The number of nitrogens with two attached hydrogens (primary N) is 1. The van der Waals surface area contributed by atoms with E-state index in [0.29, 0.717) is 22.6 Å². The number of carbonyl (C=O) groups is 1. The number of ether oxygens (including phenoxy) is 2. The number of aliphatic carboxylic acids is 1. The number of fused-ring (bicyclic) bond motifs is 1. The molecule has 0 fully saturated rings. The maximum atomic E-state index is 14.8. The molecule has 0 bridgehead atoms. The Morgan fingerprint density at radius 3 is 2.42 bits per heavy atom. The number of H-pyrrole nitrogens is 1. The molecule has 16 heteroatoms. The van der Waals surface area contributed by atoms with Crippen molar-refractivity contribution in [3.8, 4) is 28.4 Å². The van der Waals surface area contributed by atoms with E-state index in [1.54, 1.807) is 18.2 Å². The van der Waals surface area contributed by atoms with Gasteiger partial charge >= 0.3 is 17.8 Å². The van der Waals surface area contributed by atoms with E-state index < -0.39 is 48.3 Å². The van der Waals surface area contributed by atoms with Crippen LogP contribution in [0.4, 0.5) is 26.3 Å². The number of nitrogens with one attached hydrogen (secondary N) is 1. The van der Waals surface area contributed by atoms with E-state index in [1.807, 2.05) is 0 Å². The average molecular weight is 519 g/mol. The predicted molar refractivity (Wildman–Crippen MR) is 109 cm³/mol. The summed E-state index contributed by atoms with van der Waals surface area (Å²) in [4.78, 5) is 25.0. The van der Waals surface area contributed by atoms with Crippen LogP contribution < -0.4 is 20.9 Å². The molecule has 0 unspecified atom stereocenters. The first-order valence-corrected chi connectivity index (χ1v) is 9.67. The second kappa shape index (κ2) is 10.5. The van der Waals surface area contributed by atoms with Crippen molar-refractivity contribution in [1.82, 2.24) is 19.7 Å². The van der Waals surface area contributed by atoms with E-state index in [4.69, 9.17) is 25.1 Å². The lowest BCUT2D eigenvalue weighted by Gasteiger charge is -2.09. The van der Waals surface area contributed by atoms with Crippen LogP contribution in [0.2, 0.25) is 0 Å². The van der Waals surface area contributed by atoms with E-state index in [-0.39, 0.29) is 18.4 Å². The second-order valence-corrected chi connectivity index (χ2v) is 6.93. The van der Waals surface area contributed by atoms with Gasteiger partial charge in [-0.15, -0.1) is 0 Å². The number of nitrogens with zero attached hydrogens (tertiary/aromatic N) is 3. The fourth-order valence-electron chi connectivity index (χ4n) is 2.90. The molecule has 2 aromatic heterocycles. The minimum absolute atomic E-state index is 0.106. The van der Waals surface area contributed by atoms with Crippen LogP contribution >= 0.6 is 0 Å². The predicted octanol–water partition coefficient (Wildman–Crippen LogP) is 2.78. The lowest BCUT2D eigenvalue weighted by atomic mass is 10.1. The molecule has 3 aromatic rings. The van der Waals surface area contributed by atoms with Crippen LogP contribution in [0.3, 0.4) is 0 Å². The van der Waals surface area contributed by atoms with E-state index in [2.05, 4.69) is 15.2 Å². The number of benzene rings is 1. The summed E-state index contributed by atoms with van der Waals surface area (Å²) in [5.74, 6) is -2.98. The zero-order chi connectivity index (χ0) is 26.6. The SMILES string of the molecule is NCC(Cc1n[nH]c(=O)n1-c1ncc(-c2ccc3c(c2)OCO3)cc1F)=C(F)F.O=C(O)C(F)(F)F. The molecule has 0 atom stereocenters. The largest absolute Gasteiger partial charge is 0.490 e. The molecule has 10 nitrogen and oxygen atoms in total. The van der Waals surface area contributed by atoms with Gasteiger partial charge in [-0.3, -0.25) is 0 Å². The standard InChI is InChI=1S/C18H14F3N5O3.C2HF3O2/c19-12-3-11(9-1-2-13-14(4-9)29-8-28-13)7-23-17(12)26-15(24-25-18(26)27)5-10(6-22)16(20)21;3-2(4,5)1(6)7/h1-4,7H,5-6,8,22H2,(H,25,27);(H,6,7). The van der Waals surface area contributed by atoms with Crippen molar-refractivity contribution in [3.63, 3.8) is 0 Å². The van der Waals surface area contributed by atoms with Crippen molar-refractivity contribution < 1.29 is 45.7 Å². The first kappa shape index (κ1) is 26.3. The lowest BCUT2D eigenvalue weighted by Crippen LogP contribution is -2.21. The first-order valence-electron chi connectivity index (χ1n) is 9.67. The van der Waals surface area contributed by atoms with Crippen LogP contribution in [0.5, 0.6) is 11.5 Å². The molecule has 1 aliphatic rings. The number of carboxylic acids is 1. The molecule has 1 aromatic carbocycles. The average Bonchev–Trinajstić information content (AvgIpc) is 3.42. The van der Waals surface area contributed by atoms with Gasteiger partial charge in [0.1, 0.15) is 5.82 Å². The zero-order valence-corrected chi connectivity index (χ0v) is 17.8. The molecule has 0 aliphatic carbocycles. The fourth-order valence-corrected chi connectivity index (χ4v) is 2.90. The first-order chi connectivity index (χ1) is 16.9. The summed E-state index contributed by atoms with van der Waals surface area (Å²) in [5.41, 5.74) is 5.13. The highest BCUT2D eigenvalue weighted by Gasteiger charge is 2.38. The van der Waals surface area contributed by atoms with Crippen molar-refractivity contribution in [3.05, 3.63) is 64.2 Å². The molecule has 0 amide bonds. The Morgan fingerprint density at radius 2 is 1.83 bits per heavy atom. The van der Waals surface area contributed by atoms with Gasteiger partial charge in [-0.1, -0.05) is 6.07 Å². The number of hydrogen-bond acceptors (Lipinski definition) is 7. The third kappa shape index (κ3) is 5.83. The van der Waals surface area contributed by atoms with Crippen LogP contribution in [0.1, 0.15) is 5.82 Å². The van der Waals surface area contributed by atoms with E-state index in [0.717, 1.165) is 4.57 Å².